The second-order valence-corrected chi connectivity index (χ2v) is 5.34. The average molecular weight is 220 g/mol. The Hall–Kier alpha value is 0.210. The zero-order valence-corrected chi connectivity index (χ0v) is 10.2. The molecule has 0 aromatic heterocycles. The van der Waals surface area contributed by atoms with E-state index in [1.807, 2.05) is 6.92 Å². The van der Waals surface area contributed by atoms with Crippen molar-refractivity contribution < 1.29 is 4.74 Å². The van der Waals surface area contributed by atoms with Gasteiger partial charge in [-0.05, 0) is 46.6 Å². The smallest absolute Gasteiger partial charge is 0.0588 e. The van der Waals surface area contributed by atoms with Crippen molar-refractivity contribution in [3.8, 4) is 0 Å². The molecule has 1 N–H and O–H groups in total. The maximum Gasteiger partial charge on any atom is 0.0588 e. The van der Waals surface area contributed by atoms with Gasteiger partial charge >= 0.3 is 0 Å². The quantitative estimate of drug-likeness (QED) is 0.718. The lowest BCUT2D eigenvalue weighted by molar-refractivity contribution is 0.102. The van der Waals surface area contributed by atoms with Crippen LogP contribution in [0, 0.1) is 0 Å². The normalized spacial score (nSPS) is 25.3. The number of rotatable bonds is 5. The molecule has 14 heavy (non-hydrogen) atoms. The summed E-state index contributed by atoms with van der Waals surface area (Å²) in [6.45, 7) is 8.25. The van der Waals surface area contributed by atoms with Crippen LogP contribution in [0.1, 0.15) is 40.0 Å². The van der Waals surface area contributed by atoms with Crippen LogP contribution in [-0.4, -0.2) is 30.2 Å². The molecule has 0 aromatic carbocycles. The molecular weight excluding hydrogens is 198 g/mol. The van der Waals surface area contributed by atoms with Crippen molar-refractivity contribution >= 4 is 11.6 Å². The van der Waals surface area contributed by atoms with E-state index in [-0.39, 0.29) is 10.9 Å². The molecule has 0 aliphatic carbocycles. The first-order chi connectivity index (χ1) is 6.52. The highest BCUT2D eigenvalue weighted by Crippen LogP contribution is 2.17. The lowest BCUT2D eigenvalue weighted by Crippen LogP contribution is -2.46. The lowest BCUT2D eigenvalue weighted by Gasteiger charge is -2.29. The summed E-state index contributed by atoms with van der Waals surface area (Å²) in [6, 6.07) is 0. The van der Waals surface area contributed by atoms with E-state index in [1.54, 1.807) is 0 Å². The van der Waals surface area contributed by atoms with E-state index in [9.17, 15) is 0 Å². The zero-order chi connectivity index (χ0) is 10.6. The molecule has 2 nitrogen and oxygen atoms in total. The van der Waals surface area contributed by atoms with Gasteiger partial charge in [0.2, 0.25) is 0 Å². The van der Waals surface area contributed by atoms with Crippen molar-refractivity contribution in [1.29, 1.82) is 0 Å². The Labute approximate surface area is 92.3 Å². The van der Waals surface area contributed by atoms with Gasteiger partial charge in [0.15, 0.2) is 0 Å². The van der Waals surface area contributed by atoms with E-state index in [0.29, 0.717) is 6.10 Å². The number of hydrogen-bond acceptors (Lipinski definition) is 2. The maximum absolute atomic E-state index is 6.07. The first-order valence-electron chi connectivity index (χ1n) is 5.53. The van der Waals surface area contributed by atoms with E-state index < -0.39 is 0 Å². The van der Waals surface area contributed by atoms with Gasteiger partial charge in [0.05, 0.1) is 6.10 Å². The molecule has 3 heteroatoms. The summed E-state index contributed by atoms with van der Waals surface area (Å²) < 4.78 is 5.56. The Morgan fingerprint density at radius 1 is 1.57 bits per heavy atom. The number of alkyl halides is 1. The fourth-order valence-corrected chi connectivity index (χ4v) is 1.65. The average Bonchev–Trinajstić information content (AvgIpc) is 2.56. The molecule has 84 valence electrons. The van der Waals surface area contributed by atoms with Crippen molar-refractivity contribution in [3.63, 3.8) is 0 Å². The van der Waals surface area contributed by atoms with Crippen LogP contribution in [0.4, 0.5) is 0 Å². The molecule has 1 aliphatic rings. The number of nitrogens with one attached hydrogen (secondary N) is 1. The molecule has 1 fully saturated rings. The van der Waals surface area contributed by atoms with E-state index in [0.717, 1.165) is 19.6 Å². The third kappa shape index (κ3) is 3.76. The summed E-state index contributed by atoms with van der Waals surface area (Å²) in [5, 5.41) is 3.62. The molecular formula is C11H22ClNO. The van der Waals surface area contributed by atoms with E-state index >= 15 is 0 Å². The molecule has 0 spiro atoms. The molecule has 0 bridgehead atoms. The van der Waals surface area contributed by atoms with Gasteiger partial charge in [-0.3, -0.25) is 0 Å². The second-order valence-electron chi connectivity index (χ2n) is 4.69. The van der Waals surface area contributed by atoms with Crippen LogP contribution >= 0.6 is 11.6 Å². The van der Waals surface area contributed by atoms with Gasteiger partial charge in [0.25, 0.3) is 0 Å². The number of hydrogen-bond donors (Lipinski definition) is 1. The van der Waals surface area contributed by atoms with Gasteiger partial charge in [-0.15, -0.1) is 11.6 Å². The van der Waals surface area contributed by atoms with Crippen LogP contribution in [0.3, 0.4) is 0 Å². The van der Waals surface area contributed by atoms with Gasteiger partial charge in [-0.2, -0.15) is 0 Å². The zero-order valence-electron chi connectivity index (χ0n) is 9.48. The van der Waals surface area contributed by atoms with Crippen LogP contribution in [-0.2, 0) is 4.74 Å². The van der Waals surface area contributed by atoms with Gasteiger partial charge in [0.1, 0.15) is 0 Å². The van der Waals surface area contributed by atoms with Gasteiger partial charge in [0, 0.05) is 17.5 Å². The number of halogens is 1. The summed E-state index contributed by atoms with van der Waals surface area (Å²) in [7, 11) is 0. The SMILES string of the molecule is CC(Cl)C(C)(C)NCCC1CCCO1. The summed E-state index contributed by atoms with van der Waals surface area (Å²) in [5.74, 6) is 0. The molecule has 0 aromatic rings. The van der Waals surface area contributed by atoms with Gasteiger partial charge < -0.3 is 10.1 Å². The molecule has 0 amide bonds. The van der Waals surface area contributed by atoms with Crippen LogP contribution in [0.25, 0.3) is 0 Å². The Morgan fingerprint density at radius 2 is 2.29 bits per heavy atom. The van der Waals surface area contributed by atoms with E-state index in [4.69, 9.17) is 16.3 Å². The molecule has 1 heterocycles. The molecule has 0 saturated carbocycles. The van der Waals surface area contributed by atoms with Crippen LogP contribution in [0.5, 0.6) is 0 Å². The minimum absolute atomic E-state index is 0.0140. The summed E-state index contributed by atoms with van der Waals surface area (Å²) in [6.07, 6.45) is 4.02. The van der Waals surface area contributed by atoms with Crippen molar-refractivity contribution in [3.05, 3.63) is 0 Å². The number of ether oxygens (including phenoxy) is 1. The highest BCUT2D eigenvalue weighted by molar-refractivity contribution is 6.21. The third-order valence-electron chi connectivity index (χ3n) is 3.07. The summed E-state index contributed by atoms with van der Waals surface area (Å²) in [4.78, 5) is 0. The van der Waals surface area contributed by atoms with Crippen molar-refractivity contribution in [2.24, 2.45) is 0 Å². The second kappa shape index (κ2) is 5.34. The van der Waals surface area contributed by atoms with Crippen LogP contribution < -0.4 is 5.32 Å². The Balaban J connectivity index is 2.13. The van der Waals surface area contributed by atoms with Crippen molar-refractivity contribution in [2.45, 2.75) is 57.1 Å². The topological polar surface area (TPSA) is 21.3 Å². The summed E-state index contributed by atoms with van der Waals surface area (Å²) >= 11 is 6.07. The minimum atomic E-state index is 0.0140. The van der Waals surface area contributed by atoms with Gasteiger partial charge in [-0.25, -0.2) is 0 Å². The maximum atomic E-state index is 6.07. The Bertz CT molecular complexity index is 165. The largest absolute Gasteiger partial charge is 0.378 e. The molecule has 0 radical (unpaired) electrons. The predicted octanol–water partition coefficient (Wildman–Crippen LogP) is 2.55. The molecule has 1 rings (SSSR count). The summed E-state index contributed by atoms with van der Waals surface area (Å²) in [5.41, 5.74) is 0.0140. The first-order valence-corrected chi connectivity index (χ1v) is 5.97. The molecule has 1 aliphatic heterocycles. The fraction of sp³-hybridized carbons (Fsp3) is 1.00. The predicted molar refractivity (Wildman–Crippen MR) is 61.0 cm³/mol. The van der Waals surface area contributed by atoms with Crippen molar-refractivity contribution in [1.82, 2.24) is 5.32 Å². The molecule has 1 saturated heterocycles. The Morgan fingerprint density at radius 3 is 2.79 bits per heavy atom. The molecule has 2 unspecified atom stereocenters. The van der Waals surface area contributed by atoms with E-state index in [1.165, 1.54) is 12.8 Å². The Kier molecular flexibility index (Phi) is 4.68. The fourth-order valence-electron chi connectivity index (χ4n) is 1.57. The molecule has 2 atom stereocenters. The standard InChI is InChI=1S/C11H22ClNO/c1-9(12)11(2,3)13-7-6-10-5-4-8-14-10/h9-10,13H,4-8H2,1-3H3. The monoisotopic (exact) mass is 219 g/mol. The van der Waals surface area contributed by atoms with Crippen LogP contribution in [0.15, 0.2) is 0 Å². The van der Waals surface area contributed by atoms with E-state index in [2.05, 4.69) is 19.2 Å². The van der Waals surface area contributed by atoms with Crippen molar-refractivity contribution in [2.75, 3.05) is 13.2 Å². The van der Waals surface area contributed by atoms with Crippen LogP contribution in [0.2, 0.25) is 0 Å². The van der Waals surface area contributed by atoms with Gasteiger partial charge in [-0.1, -0.05) is 0 Å². The highest BCUT2D eigenvalue weighted by atomic mass is 35.5. The highest BCUT2D eigenvalue weighted by Gasteiger charge is 2.23. The minimum Gasteiger partial charge on any atom is -0.378 e. The third-order valence-corrected chi connectivity index (χ3v) is 3.61. The first kappa shape index (κ1) is 12.3. The lowest BCUT2D eigenvalue weighted by atomic mass is 10.0.